The van der Waals surface area contributed by atoms with E-state index in [1.807, 2.05) is 0 Å². The Morgan fingerprint density at radius 3 is 2.33 bits per heavy atom. The van der Waals surface area contributed by atoms with Crippen molar-refractivity contribution in [1.29, 1.82) is 0 Å². The molecule has 0 heterocycles. The molecule has 0 aromatic carbocycles. The fourth-order valence-electron chi connectivity index (χ4n) is 1.41. The summed E-state index contributed by atoms with van der Waals surface area (Å²) in [7, 11) is 0. The second-order valence-corrected chi connectivity index (χ2v) is 5.73. The lowest BCUT2D eigenvalue weighted by Gasteiger charge is -2.29. The molecule has 1 amide bonds. The molecule has 4 heteroatoms. The highest BCUT2D eigenvalue weighted by atomic mass is 16.5. The molecule has 0 saturated heterocycles. The fourth-order valence-corrected chi connectivity index (χ4v) is 1.41. The summed E-state index contributed by atoms with van der Waals surface area (Å²) in [4.78, 5) is 21.8. The number of carbonyl (C=O) groups is 2. The molecule has 0 aliphatic carbocycles. The minimum absolute atomic E-state index is 0.0349. The number of esters is 1. The van der Waals surface area contributed by atoms with Gasteiger partial charge in [0.25, 0.3) is 0 Å². The molecule has 0 spiro atoms. The van der Waals surface area contributed by atoms with E-state index in [4.69, 9.17) is 4.74 Å². The smallest absolute Gasteiger partial charge is 0.325 e. The van der Waals surface area contributed by atoms with Gasteiger partial charge in [0.15, 0.2) is 0 Å². The molecule has 4 nitrogen and oxygen atoms in total. The molecule has 0 unspecified atom stereocenters. The molecule has 0 atom stereocenters. The first-order chi connectivity index (χ1) is 8.25. The van der Waals surface area contributed by atoms with Gasteiger partial charge in [-0.1, -0.05) is 27.7 Å². The summed E-state index contributed by atoms with van der Waals surface area (Å²) in [6.07, 6.45) is 3.06. The summed E-state index contributed by atoms with van der Waals surface area (Å²) >= 11 is 0. The van der Waals surface area contributed by atoms with Crippen LogP contribution in [0.25, 0.3) is 0 Å². The highest BCUT2D eigenvalue weighted by Gasteiger charge is 2.21. The highest BCUT2D eigenvalue weighted by molar-refractivity contribution is 5.80. The zero-order valence-corrected chi connectivity index (χ0v) is 12.3. The lowest BCUT2D eigenvalue weighted by atomic mass is 9.77. The van der Waals surface area contributed by atoms with E-state index in [0.717, 1.165) is 19.3 Å². The van der Waals surface area contributed by atoms with Crippen LogP contribution in [0.1, 0.15) is 53.9 Å². The minimum atomic E-state index is -0.367. The Labute approximate surface area is 110 Å². The first-order valence-electron chi connectivity index (χ1n) is 6.66. The van der Waals surface area contributed by atoms with Gasteiger partial charge in [-0.25, -0.2) is 0 Å². The first kappa shape index (κ1) is 16.9. The Kier molecular flexibility index (Phi) is 7.64. The van der Waals surface area contributed by atoms with Crippen LogP contribution in [-0.2, 0) is 14.3 Å². The van der Waals surface area contributed by atoms with Crippen molar-refractivity contribution in [2.75, 3.05) is 13.2 Å². The van der Waals surface area contributed by atoms with Crippen LogP contribution in [-0.4, -0.2) is 25.0 Å². The predicted molar refractivity (Wildman–Crippen MR) is 72.1 cm³/mol. The van der Waals surface area contributed by atoms with Crippen LogP contribution in [0, 0.1) is 11.3 Å². The lowest BCUT2D eigenvalue weighted by molar-refractivity contribution is -0.143. The van der Waals surface area contributed by atoms with E-state index < -0.39 is 0 Å². The maximum atomic E-state index is 11.2. The number of carbonyl (C=O) groups excluding carboxylic acids is 2. The zero-order chi connectivity index (χ0) is 14.2. The Bertz CT molecular complexity index is 272. The molecule has 106 valence electrons. The van der Waals surface area contributed by atoms with E-state index in [0.29, 0.717) is 17.9 Å². The van der Waals surface area contributed by atoms with Crippen molar-refractivity contribution in [2.24, 2.45) is 11.3 Å². The van der Waals surface area contributed by atoms with Gasteiger partial charge in [-0.05, 0) is 30.6 Å². The predicted octanol–water partition coefficient (Wildman–Crippen LogP) is 2.52. The van der Waals surface area contributed by atoms with Crippen molar-refractivity contribution in [3.8, 4) is 0 Å². The summed E-state index contributed by atoms with van der Waals surface area (Å²) in [5.41, 5.74) is 0.334. The van der Waals surface area contributed by atoms with Crippen molar-refractivity contribution in [3.63, 3.8) is 0 Å². The maximum absolute atomic E-state index is 11.2. The fraction of sp³-hybridized carbons (Fsp3) is 0.857. The number of hydrogen-bond acceptors (Lipinski definition) is 3. The third kappa shape index (κ3) is 8.09. The lowest BCUT2D eigenvalue weighted by Crippen LogP contribution is -2.28. The van der Waals surface area contributed by atoms with Gasteiger partial charge in [-0.15, -0.1) is 0 Å². The van der Waals surface area contributed by atoms with Gasteiger partial charge in [0.2, 0.25) is 5.91 Å². The van der Waals surface area contributed by atoms with Gasteiger partial charge in [-0.2, -0.15) is 0 Å². The molecule has 1 N–H and O–H groups in total. The number of unbranched alkanes of at least 4 members (excludes halogenated alkanes) is 1. The molecule has 0 saturated carbocycles. The normalized spacial score (nSPS) is 11.4. The van der Waals surface area contributed by atoms with Crippen molar-refractivity contribution in [1.82, 2.24) is 5.32 Å². The summed E-state index contributed by atoms with van der Waals surface area (Å²) in [5.74, 6) is 0.0683. The Morgan fingerprint density at radius 1 is 1.22 bits per heavy atom. The first-order valence-corrected chi connectivity index (χ1v) is 6.66. The number of hydrogen-bond donors (Lipinski definition) is 1. The molecule has 0 rings (SSSR count). The SMILES string of the molecule is CC(=O)NCC(=O)OCCCCC(C)(C)C(C)C. The maximum Gasteiger partial charge on any atom is 0.325 e. The molecular weight excluding hydrogens is 230 g/mol. The molecular formula is C14H27NO3. The Hall–Kier alpha value is -1.06. The van der Waals surface area contributed by atoms with Gasteiger partial charge >= 0.3 is 5.97 Å². The average Bonchev–Trinajstić information content (AvgIpc) is 2.25. The number of ether oxygens (including phenoxy) is 1. The molecule has 0 aromatic heterocycles. The zero-order valence-electron chi connectivity index (χ0n) is 12.3. The van der Waals surface area contributed by atoms with Gasteiger partial charge in [0.1, 0.15) is 6.54 Å². The third-order valence-electron chi connectivity index (χ3n) is 3.52. The van der Waals surface area contributed by atoms with Gasteiger partial charge in [0, 0.05) is 6.92 Å². The number of nitrogens with one attached hydrogen (secondary N) is 1. The van der Waals surface area contributed by atoms with Crippen molar-refractivity contribution >= 4 is 11.9 Å². The molecule has 18 heavy (non-hydrogen) atoms. The van der Waals surface area contributed by atoms with Gasteiger partial charge in [0.05, 0.1) is 6.61 Å². The third-order valence-corrected chi connectivity index (χ3v) is 3.52. The van der Waals surface area contributed by atoms with Crippen LogP contribution in [0.15, 0.2) is 0 Å². The topological polar surface area (TPSA) is 55.4 Å². The van der Waals surface area contributed by atoms with Crippen LogP contribution in [0.2, 0.25) is 0 Å². The van der Waals surface area contributed by atoms with Crippen LogP contribution in [0.4, 0.5) is 0 Å². The van der Waals surface area contributed by atoms with E-state index in [1.165, 1.54) is 6.92 Å². The summed E-state index contributed by atoms with van der Waals surface area (Å²) in [6.45, 7) is 10.8. The largest absolute Gasteiger partial charge is 0.464 e. The van der Waals surface area contributed by atoms with E-state index in [9.17, 15) is 9.59 Å². The molecule has 0 aliphatic heterocycles. The molecule has 0 aromatic rings. The van der Waals surface area contributed by atoms with Crippen LogP contribution >= 0.6 is 0 Å². The van der Waals surface area contributed by atoms with E-state index >= 15 is 0 Å². The van der Waals surface area contributed by atoms with E-state index in [-0.39, 0.29) is 18.4 Å². The van der Waals surface area contributed by atoms with Gasteiger partial charge in [-0.3, -0.25) is 9.59 Å². The monoisotopic (exact) mass is 257 g/mol. The Balaban J connectivity index is 3.57. The molecule has 0 bridgehead atoms. The van der Waals surface area contributed by atoms with Crippen molar-refractivity contribution in [2.45, 2.75) is 53.9 Å². The second kappa shape index (κ2) is 8.11. The molecule has 0 aliphatic rings. The van der Waals surface area contributed by atoms with E-state index in [2.05, 4.69) is 33.0 Å². The number of rotatable bonds is 8. The highest BCUT2D eigenvalue weighted by Crippen LogP contribution is 2.31. The second-order valence-electron chi connectivity index (χ2n) is 5.73. The summed E-state index contributed by atoms with van der Waals surface area (Å²) in [6, 6.07) is 0. The summed E-state index contributed by atoms with van der Waals surface area (Å²) in [5, 5.41) is 2.41. The van der Waals surface area contributed by atoms with Crippen LogP contribution < -0.4 is 5.32 Å². The molecule has 0 fully saturated rings. The van der Waals surface area contributed by atoms with Crippen molar-refractivity contribution < 1.29 is 14.3 Å². The quantitative estimate of drug-likeness (QED) is 0.537. The summed E-state index contributed by atoms with van der Waals surface area (Å²) < 4.78 is 5.01. The van der Waals surface area contributed by atoms with Gasteiger partial charge < -0.3 is 10.1 Å². The average molecular weight is 257 g/mol. The van der Waals surface area contributed by atoms with Crippen LogP contribution in [0.3, 0.4) is 0 Å². The molecule has 0 radical (unpaired) electrons. The van der Waals surface area contributed by atoms with Crippen molar-refractivity contribution in [3.05, 3.63) is 0 Å². The van der Waals surface area contributed by atoms with Crippen LogP contribution in [0.5, 0.6) is 0 Å². The van der Waals surface area contributed by atoms with E-state index in [1.54, 1.807) is 0 Å². The standard InChI is InChI=1S/C14H27NO3/c1-11(2)14(4,5)8-6-7-9-18-13(17)10-15-12(3)16/h11H,6-10H2,1-5H3,(H,15,16). The Morgan fingerprint density at radius 2 is 1.83 bits per heavy atom. The minimum Gasteiger partial charge on any atom is -0.464 e. The number of amides is 1.